The van der Waals surface area contributed by atoms with Crippen molar-refractivity contribution in [2.24, 2.45) is 11.7 Å². The predicted octanol–water partition coefficient (Wildman–Crippen LogP) is 6.53. The highest BCUT2D eigenvalue weighted by atomic mass is 16.5. The second-order valence-corrected chi connectivity index (χ2v) is 8.86. The van der Waals surface area contributed by atoms with Gasteiger partial charge < -0.3 is 10.5 Å². The monoisotopic (exact) mass is 387 g/mol. The van der Waals surface area contributed by atoms with Crippen LogP contribution < -0.4 is 10.5 Å². The highest BCUT2D eigenvalue weighted by Gasteiger charge is 2.44. The third-order valence-corrected chi connectivity index (χ3v) is 6.50. The molecule has 0 aliphatic heterocycles. The number of rotatable bonds is 15. The standard InChI is InChI=1S/C25H41NO2/c1-4-6-7-8-9-10-13-21(5-2)28-23-15-12-11-14-22(23)25(3,20-16-17-20)19-18-24(26)27/h11-12,14-15,20-21H,4-10,13,16-19H2,1-3H3,(H2,26,27). The Hall–Kier alpha value is -1.51. The lowest BCUT2D eigenvalue weighted by Crippen LogP contribution is -2.29. The summed E-state index contributed by atoms with van der Waals surface area (Å²) in [5.41, 5.74) is 6.71. The normalized spacial score (nSPS) is 17.1. The van der Waals surface area contributed by atoms with Crippen molar-refractivity contribution in [3.05, 3.63) is 29.8 Å². The molecule has 0 heterocycles. The number of ether oxygens (including phenoxy) is 1. The summed E-state index contributed by atoms with van der Waals surface area (Å²) in [6, 6.07) is 8.48. The van der Waals surface area contributed by atoms with Gasteiger partial charge in [-0.1, -0.05) is 71.1 Å². The van der Waals surface area contributed by atoms with Crippen molar-refractivity contribution in [2.45, 2.75) is 109 Å². The number of carbonyl (C=O) groups excluding carboxylic acids is 1. The Balaban J connectivity index is 2.01. The molecule has 28 heavy (non-hydrogen) atoms. The van der Waals surface area contributed by atoms with Crippen LogP contribution in [-0.4, -0.2) is 12.0 Å². The second kappa shape index (κ2) is 11.5. The van der Waals surface area contributed by atoms with Gasteiger partial charge in [-0.25, -0.2) is 0 Å². The van der Waals surface area contributed by atoms with Gasteiger partial charge in [0.25, 0.3) is 0 Å². The molecular formula is C25H41NO2. The molecule has 1 saturated carbocycles. The van der Waals surface area contributed by atoms with E-state index in [1.165, 1.54) is 56.9 Å². The van der Waals surface area contributed by atoms with E-state index in [0.29, 0.717) is 12.3 Å². The third kappa shape index (κ3) is 6.83. The molecule has 1 aliphatic rings. The van der Waals surface area contributed by atoms with E-state index >= 15 is 0 Å². The van der Waals surface area contributed by atoms with Crippen LogP contribution in [0.5, 0.6) is 5.75 Å². The lowest BCUT2D eigenvalue weighted by Gasteiger charge is -2.33. The van der Waals surface area contributed by atoms with E-state index in [1.807, 2.05) is 0 Å². The van der Waals surface area contributed by atoms with Crippen LogP contribution in [0.4, 0.5) is 0 Å². The molecule has 3 nitrogen and oxygen atoms in total. The Morgan fingerprint density at radius 1 is 1.14 bits per heavy atom. The number of unbranched alkanes of at least 4 members (excludes halogenated alkanes) is 5. The maximum absolute atomic E-state index is 11.4. The minimum atomic E-state index is -0.209. The van der Waals surface area contributed by atoms with E-state index in [2.05, 4.69) is 45.0 Å². The van der Waals surface area contributed by atoms with E-state index < -0.39 is 0 Å². The van der Waals surface area contributed by atoms with E-state index in [-0.39, 0.29) is 17.4 Å². The van der Waals surface area contributed by atoms with Gasteiger partial charge in [-0.3, -0.25) is 4.79 Å². The van der Waals surface area contributed by atoms with Gasteiger partial charge >= 0.3 is 0 Å². The number of hydrogen-bond donors (Lipinski definition) is 1. The van der Waals surface area contributed by atoms with Crippen LogP contribution in [0.2, 0.25) is 0 Å². The first-order valence-corrected chi connectivity index (χ1v) is 11.6. The summed E-state index contributed by atoms with van der Waals surface area (Å²) in [4.78, 5) is 11.4. The zero-order chi connectivity index (χ0) is 20.4. The maximum atomic E-state index is 11.4. The molecule has 0 bridgehead atoms. The van der Waals surface area contributed by atoms with Crippen LogP contribution in [0.3, 0.4) is 0 Å². The average Bonchev–Trinajstić information content (AvgIpc) is 3.54. The van der Waals surface area contributed by atoms with Gasteiger partial charge in [0.05, 0.1) is 6.10 Å². The van der Waals surface area contributed by atoms with Crippen molar-refractivity contribution in [1.82, 2.24) is 0 Å². The van der Waals surface area contributed by atoms with Gasteiger partial charge in [0.1, 0.15) is 5.75 Å². The zero-order valence-corrected chi connectivity index (χ0v) is 18.3. The van der Waals surface area contributed by atoms with Gasteiger partial charge in [0.15, 0.2) is 0 Å². The maximum Gasteiger partial charge on any atom is 0.217 e. The lowest BCUT2D eigenvalue weighted by atomic mass is 9.74. The number of para-hydroxylation sites is 1. The number of carbonyl (C=O) groups is 1. The third-order valence-electron chi connectivity index (χ3n) is 6.50. The van der Waals surface area contributed by atoms with Crippen molar-refractivity contribution in [3.63, 3.8) is 0 Å². The summed E-state index contributed by atoms with van der Waals surface area (Å²) in [7, 11) is 0. The number of primary amides is 1. The predicted molar refractivity (Wildman–Crippen MR) is 118 cm³/mol. The van der Waals surface area contributed by atoms with Crippen molar-refractivity contribution in [2.75, 3.05) is 0 Å². The molecule has 2 N–H and O–H groups in total. The van der Waals surface area contributed by atoms with Crippen LogP contribution in [0.15, 0.2) is 24.3 Å². The minimum Gasteiger partial charge on any atom is -0.490 e. The highest BCUT2D eigenvalue weighted by Crippen LogP contribution is 2.52. The van der Waals surface area contributed by atoms with Crippen LogP contribution in [-0.2, 0) is 10.2 Å². The molecule has 1 aliphatic carbocycles. The largest absolute Gasteiger partial charge is 0.490 e. The Morgan fingerprint density at radius 3 is 2.46 bits per heavy atom. The molecule has 0 radical (unpaired) electrons. The summed E-state index contributed by atoms with van der Waals surface area (Å²) in [6.07, 6.45) is 14.0. The Bertz CT molecular complexity index is 596. The van der Waals surface area contributed by atoms with Gasteiger partial charge in [-0.2, -0.15) is 0 Å². The fourth-order valence-corrected chi connectivity index (χ4v) is 4.38. The van der Waals surface area contributed by atoms with Crippen molar-refractivity contribution < 1.29 is 9.53 Å². The summed E-state index contributed by atoms with van der Waals surface area (Å²) in [5.74, 6) is 1.44. The Morgan fingerprint density at radius 2 is 1.82 bits per heavy atom. The summed E-state index contributed by atoms with van der Waals surface area (Å²) >= 11 is 0. The SMILES string of the molecule is CCCCCCCCC(CC)Oc1ccccc1C(C)(CCC(N)=O)C1CC1. The lowest BCUT2D eigenvalue weighted by molar-refractivity contribution is -0.118. The van der Waals surface area contributed by atoms with Crippen molar-refractivity contribution in [3.8, 4) is 5.75 Å². The number of benzene rings is 1. The second-order valence-electron chi connectivity index (χ2n) is 8.86. The highest BCUT2D eigenvalue weighted by molar-refractivity contribution is 5.73. The number of nitrogens with two attached hydrogens (primary N) is 1. The topological polar surface area (TPSA) is 52.3 Å². The van der Waals surface area contributed by atoms with Gasteiger partial charge in [-0.05, 0) is 55.9 Å². The number of amides is 1. The Labute approximate surface area is 172 Å². The molecule has 2 unspecified atom stereocenters. The van der Waals surface area contributed by atoms with E-state index in [1.54, 1.807) is 0 Å². The average molecular weight is 388 g/mol. The molecule has 3 heteroatoms. The molecule has 2 rings (SSSR count). The van der Waals surface area contributed by atoms with Crippen molar-refractivity contribution >= 4 is 5.91 Å². The smallest absolute Gasteiger partial charge is 0.217 e. The molecule has 0 saturated heterocycles. The Kier molecular flexibility index (Phi) is 9.34. The molecule has 1 aromatic rings. The fourth-order valence-electron chi connectivity index (χ4n) is 4.38. The van der Waals surface area contributed by atoms with Crippen LogP contribution in [0.1, 0.15) is 103 Å². The van der Waals surface area contributed by atoms with E-state index in [4.69, 9.17) is 10.5 Å². The number of hydrogen-bond acceptors (Lipinski definition) is 2. The van der Waals surface area contributed by atoms with E-state index in [0.717, 1.165) is 25.0 Å². The first-order valence-electron chi connectivity index (χ1n) is 11.6. The van der Waals surface area contributed by atoms with Gasteiger partial charge in [0, 0.05) is 12.0 Å². The minimum absolute atomic E-state index is 0.0237. The molecule has 0 spiro atoms. The molecule has 1 aromatic carbocycles. The molecule has 1 amide bonds. The first-order chi connectivity index (χ1) is 13.5. The molecular weight excluding hydrogens is 346 g/mol. The van der Waals surface area contributed by atoms with Crippen LogP contribution in [0, 0.1) is 5.92 Å². The summed E-state index contributed by atoms with van der Waals surface area (Å²) in [5, 5.41) is 0. The quantitative estimate of drug-likeness (QED) is 0.348. The molecule has 2 atom stereocenters. The molecule has 1 fully saturated rings. The van der Waals surface area contributed by atoms with Gasteiger partial charge in [0.2, 0.25) is 5.91 Å². The summed E-state index contributed by atoms with van der Waals surface area (Å²) < 4.78 is 6.54. The van der Waals surface area contributed by atoms with Crippen LogP contribution in [0.25, 0.3) is 0 Å². The zero-order valence-electron chi connectivity index (χ0n) is 18.3. The van der Waals surface area contributed by atoms with Crippen molar-refractivity contribution in [1.29, 1.82) is 0 Å². The molecule has 158 valence electrons. The fraction of sp³-hybridized carbons (Fsp3) is 0.720. The van der Waals surface area contributed by atoms with Gasteiger partial charge in [-0.15, -0.1) is 0 Å². The molecule has 0 aromatic heterocycles. The summed E-state index contributed by atoms with van der Waals surface area (Å²) in [6.45, 7) is 6.78. The van der Waals surface area contributed by atoms with E-state index in [9.17, 15) is 4.79 Å². The first kappa shape index (κ1) is 22.8. The van der Waals surface area contributed by atoms with Crippen LogP contribution >= 0.6 is 0 Å².